The lowest BCUT2D eigenvalue weighted by molar-refractivity contribution is -0.119. The van der Waals surface area contributed by atoms with Gasteiger partial charge in [-0.3, -0.25) is 9.10 Å². The summed E-state index contributed by atoms with van der Waals surface area (Å²) in [6, 6.07) is 14.8. The van der Waals surface area contributed by atoms with Crippen LogP contribution in [0.5, 0.6) is 0 Å². The van der Waals surface area contributed by atoms with Gasteiger partial charge in [-0.2, -0.15) is 0 Å². The molecule has 7 heteroatoms. The van der Waals surface area contributed by atoms with E-state index in [2.05, 4.69) is 21.2 Å². The van der Waals surface area contributed by atoms with E-state index in [1.807, 2.05) is 0 Å². The average molecular weight is 383 g/mol. The Kier molecular flexibility index (Phi) is 5.20. The standard InChI is InChI=1S/C15H15BrN2O3S/c1-17-15(19)11-18(13-7-5-6-12(16)10-13)22(20,21)14-8-3-2-4-9-14/h2-10H,11H2,1H3,(H,17,19). The number of hydrogen-bond acceptors (Lipinski definition) is 3. The smallest absolute Gasteiger partial charge is 0.264 e. The van der Waals surface area contributed by atoms with Crippen molar-refractivity contribution in [2.75, 3.05) is 17.9 Å². The predicted molar refractivity (Wildman–Crippen MR) is 89.2 cm³/mol. The van der Waals surface area contributed by atoms with Gasteiger partial charge in [-0.1, -0.05) is 40.2 Å². The first-order valence-electron chi connectivity index (χ1n) is 6.49. The number of sulfonamides is 1. The molecule has 22 heavy (non-hydrogen) atoms. The average Bonchev–Trinajstić information content (AvgIpc) is 2.53. The van der Waals surface area contributed by atoms with Crippen molar-refractivity contribution in [3.8, 4) is 0 Å². The van der Waals surface area contributed by atoms with Crippen LogP contribution in [0.4, 0.5) is 5.69 Å². The monoisotopic (exact) mass is 382 g/mol. The van der Waals surface area contributed by atoms with Crippen molar-refractivity contribution in [2.45, 2.75) is 4.90 Å². The van der Waals surface area contributed by atoms with Crippen LogP contribution in [0, 0.1) is 0 Å². The highest BCUT2D eigenvalue weighted by atomic mass is 79.9. The van der Waals surface area contributed by atoms with Crippen LogP contribution in [0.1, 0.15) is 0 Å². The van der Waals surface area contributed by atoms with Crippen LogP contribution in [0.15, 0.2) is 64.0 Å². The molecular formula is C15H15BrN2O3S. The second kappa shape index (κ2) is 6.93. The fourth-order valence-corrected chi connectivity index (χ4v) is 3.70. The van der Waals surface area contributed by atoms with E-state index < -0.39 is 10.0 Å². The maximum absolute atomic E-state index is 12.8. The summed E-state index contributed by atoms with van der Waals surface area (Å²) >= 11 is 3.31. The SMILES string of the molecule is CNC(=O)CN(c1cccc(Br)c1)S(=O)(=O)c1ccccc1. The number of hydrogen-bond donors (Lipinski definition) is 1. The van der Waals surface area contributed by atoms with Crippen LogP contribution in [0.25, 0.3) is 0 Å². The molecule has 5 nitrogen and oxygen atoms in total. The molecular weight excluding hydrogens is 368 g/mol. The maximum atomic E-state index is 12.8. The third-order valence-electron chi connectivity index (χ3n) is 2.99. The molecule has 1 amide bonds. The zero-order valence-corrected chi connectivity index (χ0v) is 14.3. The van der Waals surface area contributed by atoms with E-state index in [1.54, 1.807) is 42.5 Å². The third-order valence-corrected chi connectivity index (χ3v) is 5.27. The zero-order valence-electron chi connectivity index (χ0n) is 11.9. The molecule has 0 heterocycles. The van der Waals surface area contributed by atoms with Gasteiger partial charge in [-0.05, 0) is 30.3 Å². The third kappa shape index (κ3) is 3.66. The van der Waals surface area contributed by atoms with Crippen LogP contribution >= 0.6 is 15.9 Å². The predicted octanol–water partition coefficient (Wildman–Crippen LogP) is 2.39. The number of benzene rings is 2. The maximum Gasteiger partial charge on any atom is 0.264 e. The quantitative estimate of drug-likeness (QED) is 0.862. The number of amides is 1. The highest BCUT2D eigenvalue weighted by Gasteiger charge is 2.26. The lowest BCUT2D eigenvalue weighted by atomic mass is 10.3. The van der Waals surface area contributed by atoms with Gasteiger partial charge in [0.15, 0.2) is 0 Å². The largest absolute Gasteiger partial charge is 0.358 e. The molecule has 2 aromatic carbocycles. The van der Waals surface area contributed by atoms with Gasteiger partial charge in [-0.25, -0.2) is 8.42 Å². The normalized spacial score (nSPS) is 11.0. The summed E-state index contributed by atoms with van der Waals surface area (Å²) in [7, 11) is -2.36. The lowest BCUT2D eigenvalue weighted by Gasteiger charge is -2.24. The molecule has 0 saturated carbocycles. The summed E-state index contributed by atoms with van der Waals surface area (Å²) in [5, 5.41) is 2.45. The summed E-state index contributed by atoms with van der Waals surface area (Å²) in [5.74, 6) is -0.389. The van der Waals surface area contributed by atoms with E-state index in [0.29, 0.717) is 5.69 Å². The minimum absolute atomic E-state index is 0.138. The Bertz CT molecular complexity index is 763. The minimum Gasteiger partial charge on any atom is -0.358 e. The van der Waals surface area contributed by atoms with Gasteiger partial charge in [0.05, 0.1) is 10.6 Å². The van der Waals surface area contributed by atoms with Gasteiger partial charge < -0.3 is 5.32 Å². The lowest BCUT2D eigenvalue weighted by Crippen LogP contribution is -2.39. The van der Waals surface area contributed by atoms with Crippen LogP contribution in [0.3, 0.4) is 0 Å². The molecule has 116 valence electrons. The first-order chi connectivity index (χ1) is 10.4. The van der Waals surface area contributed by atoms with Gasteiger partial charge in [0.25, 0.3) is 10.0 Å². The van der Waals surface area contributed by atoms with Gasteiger partial charge in [0.2, 0.25) is 5.91 Å². The molecule has 0 aromatic heterocycles. The first kappa shape index (κ1) is 16.5. The van der Waals surface area contributed by atoms with Crippen molar-refractivity contribution in [3.63, 3.8) is 0 Å². The Balaban J connectivity index is 2.51. The van der Waals surface area contributed by atoms with Crippen molar-refractivity contribution < 1.29 is 13.2 Å². The second-order valence-corrected chi connectivity index (χ2v) is 7.26. The molecule has 0 aliphatic carbocycles. The van der Waals surface area contributed by atoms with E-state index in [4.69, 9.17) is 0 Å². The fourth-order valence-electron chi connectivity index (χ4n) is 1.88. The van der Waals surface area contributed by atoms with E-state index in [-0.39, 0.29) is 17.3 Å². The molecule has 0 unspecified atom stereocenters. The van der Waals surface area contributed by atoms with Crippen LogP contribution in [0.2, 0.25) is 0 Å². The van der Waals surface area contributed by atoms with E-state index in [1.165, 1.54) is 19.2 Å². The van der Waals surface area contributed by atoms with Crippen LogP contribution in [-0.4, -0.2) is 27.9 Å². The van der Waals surface area contributed by atoms with Gasteiger partial charge in [-0.15, -0.1) is 0 Å². The minimum atomic E-state index is -3.82. The number of carbonyl (C=O) groups is 1. The summed E-state index contributed by atoms with van der Waals surface area (Å²) in [4.78, 5) is 11.9. The molecule has 0 radical (unpaired) electrons. The second-order valence-electron chi connectivity index (χ2n) is 4.48. The molecule has 0 aliphatic heterocycles. The topological polar surface area (TPSA) is 66.5 Å². The number of carbonyl (C=O) groups excluding carboxylic acids is 1. The number of halogens is 1. The van der Waals surface area contributed by atoms with Crippen molar-refractivity contribution in [2.24, 2.45) is 0 Å². The van der Waals surface area contributed by atoms with Crippen LogP contribution in [-0.2, 0) is 14.8 Å². The molecule has 1 N–H and O–H groups in total. The summed E-state index contributed by atoms with van der Waals surface area (Å²) in [5.41, 5.74) is 0.418. The Hall–Kier alpha value is -1.86. The van der Waals surface area contributed by atoms with Crippen molar-refractivity contribution >= 4 is 37.5 Å². The Morgan fingerprint density at radius 1 is 1.14 bits per heavy atom. The number of rotatable bonds is 5. The Labute approximate surface area is 138 Å². The van der Waals surface area contributed by atoms with Crippen LogP contribution < -0.4 is 9.62 Å². The molecule has 2 aromatic rings. The van der Waals surface area contributed by atoms with Gasteiger partial charge in [0, 0.05) is 11.5 Å². The van der Waals surface area contributed by atoms with Crippen molar-refractivity contribution in [3.05, 3.63) is 59.1 Å². The number of anilines is 1. The summed E-state index contributed by atoms with van der Waals surface area (Å²) in [6.45, 7) is -0.288. The zero-order chi connectivity index (χ0) is 16.2. The van der Waals surface area contributed by atoms with E-state index in [9.17, 15) is 13.2 Å². The number of nitrogens with zero attached hydrogens (tertiary/aromatic N) is 1. The van der Waals surface area contributed by atoms with Crippen molar-refractivity contribution in [1.29, 1.82) is 0 Å². The Morgan fingerprint density at radius 3 is 2.41 bits per heavy atom. The fraction of sp³-hybridized carbons (Fsp3) is 0.133. The molecule has 0 spiro atoms. The summed E-state index contributed by atoms with van der Waals surface area (Å²) in [6.07, 6.45) is 0. The highest BCUT2D eigenvalue weighted by molar-refractivity contribution is 9.10. The molecule has 0 bridgehead atoms. The van der Waals surface area contributed by atoms with Gasteiger partial charge in [0.1, 0.15) is 6.54 Å². The number of nitrogens with one attached hydrogen (secondary N) is 1. The molecule has 0 atom stereocenters. The number of likely N-dealkylation sites (N-methyl/N-ethyl adjacent to an activating group) is 1. The van der Waals surface area contributed by atoms with E-state index >= 15 is 0 Å². The van der Waals surface area contributed by atoms with E-state index in [0.717, 1.165) is 8.78 Å². The molecule has 0 fully saturated rings. The molecule has 2 rings (SSSR count). The highest BCUT2D eigenvalue weighted by Crippen LogP contribution is 2.25. The first-order valence-corrected chi connectivity index (χ1v) is 8.72. The Morgan fingerprint density at radius 2 is 1.82 bits per heavy atom. The molecule has 0 saturated heterocycles. The van der Waals surface area contributed by atoms with Gasteiger partial charge >= 0.3 is 0 Å². The summed E-state index contributed by atoms with van der Waals surface area (Å²) < 4.78 is 27.5. The van der Waals surface area contributed by atoms with Crippen molar-refractivity contribution in [1.82, 2.24) is 5.32 Å². The molecule has 0 aliphatic rings.